The number of nitrogens with one attached hydrogen (secondary N) is 1. The first-order valence-electron chi connectivity index (χ1n) is 7.82. The Morgan fingerprint density at radius 3 is 2.50 bits per heavy atom. The molecular formula is C17H23NO4. The van der Waals surface area contributed by atoms with Crippen LogP contribution in [0.25, 0.3) is 0 Å². The summed E-state index contributed by atoms with van der Waals surface area (Å²) in [5.74, 6) is -0.191. The predicted octanol–water partition coefficient (Wildman–Crippen LogP) is 2.60. The van der Waals surface area contributed by atoms with Crippen LogP contribution in [0.5, 0.6) is 0 Å². The molecule has 0 radical (unpaired) electrons. The summed E-state index contributed by atoms with van der Waals surface area (Å²) in [6.07, 6.45) is 4.76. The zero-order valence-electron chi connectivity index (χ0n) is 12.7. The average Bonchev–Trinajstić information content (AvgIpc) is 2.54. The van der Waals surface area contributed by atoms with Gasteiger partial charge < -0.3 is 15.2 Å². The second kappa shape index (κ2) is 8.54. The molecule has 0 bridgehead atoms. The SMILES string of the molecule is O=C(CCCC1CCOCC1)NCc1ccc(C(=O)O)cc1. The largest absolute Gasteiger partial charge is 0.478 e. The molecule has 0 saturated carbocycles. The van der Waals surface area contributed by atoms with Gasteiger partial charge in [0.1, 0.15) is 0 Å². The van der Waals surface area contributed by atoms with Crippen molar-refractivity contribution in [2.45, 2.75) is 38.6 Å². The van der Waals surface area contributed by atoms with Gasteiger partial charge in [-0.25, -0.2) is 4.79 Å². The molecule has 1 aromatic rings. The van der Waals surface area contributed by atoms with E-state index in [0.717, 1.165) is 44.5 Å². The maximum Gasteiger partial charge on any atom is 0.335 e. The van der Waals surface area contributed by atoms with Crippen molar-refractivity contribution in [3.8, 4) is 0 Å². The number of carbonyl (C=O) groups excluding carboxylic acids is 1. The highest BCUT2D eigenvalue weighted by molar-refractivity contribution is 5.87. The molecule has 1 saturated heterocycles. The minimum absolute atomic E-state index is 0.0503. The van der Waals surface area contributed by atoms with Crippen LogP contribution in [0.1, 0.15) is 48.0 Å². The highest BCUT2D eigenvalue weighted by atomic mass is 16.5. The third kappa shape index (κ3) is 5.48. The van der Waals surface area contributed by atoms with Gasteiger partial charge in [0.15, 0.2) is 0 Å². The number of benzene rings is 1. The molecule has 2 N–H and O–H groups in total. The molecule has 1 aromatic carbocycles. The number of rotatable bonds is 7. The number of ether oxygens (including phenoxy) is 1. The molecule has 0 aromatic heterocycles. The Hall–Kier alpha value is -1.88. The van der Waals surface area contributed by atoms with Gasteiger partial charge in [0.05, 0.1) is 5.56 Å². The van der Waals surface area contributed by atoms with Crippen molar-refractivity contribution in [2.24, 2.45) is 5.92 Å². The van der Waals surface area contributed by atoms with Gasteiger partial charge in [0.25, 0.3) is 0 Å². The fraction of sp³-hybridized carbons (Fsp3) is 0.529. The lowest BCUT2D eigenvalue weighted by Crippen LogP contribution is -2.23. The van der Waals surface area contributed by atoms with Crippen molar-refractivity contribution in [3.63, 3.8) is 0 Å². The standard InChI is InChI=1S/C17H23NO4/c19-16(3-1-2-13-8-10-22-11-9-13)18-12-14-4-6-15(7-5-14)17(20)21/h4-7,13H,1-3,8-12H2,(H,18,19)(H,20,21). The number of hydrogen-bond donors (Lipinski definition) is 2. The fourth-order valence-corrected chi connectivity index (χ4v) is 2.64. The summed E-state index contributed by atoms with van der Waals surface area (Å²) in [4.78, 5) is 22.6. The zero-order chi connectivity index (χ0) is 15.8. The Kier molecular flexibility index (Phi) is 6.40. The summed E-state index contributed by atoms with van der Waals surface area (Å²) in [6, 6.07) is 6.56. The van der Waals surface area contributed by atoms with Crippen LogP contribution in [0.2, 0.25) is 0 Å². The molecule has 1 fully saturated rings. The van der Waals surface area contributed by atoms with E-state index in [9.17, 15) is 9.59 Å². The summed E-state index contributed by atoms with van der Waals surface area (Å²) >= 11 is 0. The van der Waals surface area contributed by atoms with Gasteiger partial charge in [-0.1, -0.05) is 12.1 Å². The lowest BCUT2D eigenvalue weighted by Gasteiger charge is -2.21. The van der Waals surface area contributed by atoms with Crippen LogP contribution in [-0.2, 0) is 16.1 Å². The molecule has 0 unspecified atom stereocenters. The number of aromatic carboxylic acids is 1. The Balaban J connectivity index is 1.63. The van der Waals surface area contributed by atoms with E-state index in [1.807, 2.05) is 0 Å². The molecule has 1 amide bonds. The molecular weight excluding hydrogens is 282 g/mol. The van der Waals surface area contributed by atoms with Gasteiger partial charge in [-0.15, -0.1) is 0 Å². The summed E-state index contributed by atoms with van der Waals surface area (Å²) in [5, 5.41) is 11.7. The van der Waals surface area contributed by atoms with Crippen LogP contribution in [0, 0.1) is 5.92 Å². The number of carbonyl (C=O) groups is 2. The van der Waals surface area contributed by atoms with Crippen molar-refractivity contribution in [1.82, 2.24) is 5.32 Å². The summed E-state index contributed by atoms with van der Waals surface area (Å²) in [7, 11) is 0. The fourth-order valence-electron chi connectivity index (χ4n) is 2.64. The molecule has 1 aliphatic heterocycles. The van der Waals surface area contributed by atoms with E-state index in [0.29, 0.717) is 18.9 Å². The van der Waals surface area contributed by atoms with Gasteiger partial charge in [0.2, 0.25) is 5.91 Å². The highest BCUT2D eigenvalue weighted by Crippen LogP contribution is 2.20. The first kappa shape index (κ1) is 16.5. The second-order valence-corrected chi connectivity index (χ2v) is 5.73. The van der Waals surface area contributed by atoms with Crippen LogP contribution in [0.3, 0.4) is 0 Å². The normalized spacial score (nSPS) is 15.5. The Bertz CT molecular complexity index is 492. The van der Waals surface area contributed by atoms with E-state index < -0.39 is 5.97 Å². The van der Waals surface area contributed by atoms with E-state index in [-0.39, 0.29) is 11.5 Å². The number of amides is 1. The molecule has 1 heterocycles. The first-order chi connectivity index (χ1) is 10.6. The predicted molar refractivity (Wildman–Crippen MR) is 82.6 cm³/mol. The molecule has 1 aliphatic rings. The van der Waals surface area contributed by atoms with Crippen molar-refractivity contribution >= 4 is 11.9 Å². The summed E-state index contributed by atoms with van der Waals surface area (Å²) < 4.78 is 5.32. The minimum Gasteiger partial charge on any atom is -0.478 e. The summed E-state index contributed by atoms with van der Waals surface area (Å²) in [5.41, 5.74) is 1.16. The maximum absolute atomic E-state index is 11.8. The van der Waals surface area contributed by atoms with E-state index in [4.69, 9.17) is 9.84 Å². The van der Waals surface area contributed by atoms with Crippen molar-refractivity contribution < 1.29 is 19.4 Å². The topological polar surface area (TPSA) is 75.6 Å². The highest BCUT2D eigenvalue weighted by Gasteiger charge is 2.13. The molecule has 5 nitrogen and oxygen atoms in total. The number of carboxylic acids is 1. The van der Waals surface area contributed by atoms with E-state index in [1.54, 1.807) is 24.3 Å². The van der Waals surface area contributed by atoms with Crippen molar-refractivity contribution in [3.05, 3.63) is 35.4 Å². The average molecular weight is 305 g/mol. The van der Waals surface area contributed by atoms with Crippen LogP contribution in [0.15, 0.2) is 24.3 Å². The quantitative estimate of drug-likeness (QED) is 0.812. The van der Waals surface area contributed by atoms with Crippen LogP contribution in [-0.4, -0.2) is 30.2 Å². The summed E-state index contributed by atoms with van der Waals surface area (Å²) in [6.45, 7) is 2.14. The number of carboxylic acid groups (broad SMARTS) is 1. The van der Waals surface area contributed by atoms with Gasteiger partial charge in [-0.3, -0.25) is 4.79 Å². The van der Waals surface area contributed by atoms with Gasteiger partial charge in [-0.05, 0) is 49.3 Å². The van der Waals surface area contributed by atoms with Gasteiger partial charge in [0, 0.05) is 26.2 Å². The second-order valence-electron chi connectivity index (χ2n) is 5.73. The van der Waals surface area contributed by atoms with Crippen LogP contribution < -0.4 is 5.32 Å². The Morgan fingerprint density at radius 2 is 1.86 bits per heavy atom. The molecule has 22 heavy (non-hydrogen) atoms. The van der Waals surface area contributed by atoms with Crippen molar-refractivity contribution in [2.75, 3.05) is 13.2 Å². The van der Waals surface area contributed by atoms with Crippen molar-refractivity contribution in [1.29, 1.82) is 0 Å². The first-order valence-corrected chi connectivity index (χ1v) is 7.82. The molecule has 2 rings (SSSR count). The maximum atomic E-state index is 11.8. The molecule has 120 valence electrons. The van der Waals surface area contributed by atoms with E-state index in [2.05, 4.69) is 5.32 Å². The lowest BCUT2D eigenvalue weighted by atomic mass is 9.94. The lowest BCUT2D eigenvalue weighted by molar-refractivity contribution is -0.121. The molecule has 0 aliphatic carbocycles. The Labute approximate surface area is 130 Å². The smallest absolute Gasteiger partial charge is 0.335 e. The van der Waals surface area contributed by atoms with Crippen LogP contribution >= 0.6 is 0 Å². The third-order valence-corrected chi connectivity index (χ3v) is 4.05. The molecule has 0 atom stereocenters. The zero-order valence-corrected chi connectivity index (χ0v) is 12.7. The molecule has 5 heteroatoms. The van der Waals surface area contributed by atoms with Crippen LogP contribution in [0.4, 0.5) is 0 Å². The minimum atomic E-state index is -0.941. The Morgan fingerprint density at radius 1 is 1.18 bits per heavy atom. The monoisotopic (exact) mass is 305 g/mol. The van der Waals surface area contributed by atoms with Gasteiger partial charge >= 0.3 is 5.97 Å². The third-order valence-electron chi connectivity index (χ3n) is 4.05. The molecule has 0 spiro atoms. The van der Waals surface area contributed by atoms with E-state index in [1.165, 1.54) is 0 Å². The number of hydrogen-bond acceptors (Lipinski definition) is 3. The van der Waals surface area contributed by atoms with Gasteiger partial charge in [-0.2, -0.15) is 0 Å². The van der Waals surface area contributed by atoms with E-state index >= 15 is 0 Å².